The second-order valence-electron chi connectivity index (χ2n) is 7.66. The number of amides is 1. The molecule has 1 amide bonds. The maximum Gasteiger partial charge on any atom is 0.316 e. The van der Waals surface area contributed by atoms with Gasteiger partial charge in [0.1, 0.15) is 11.6 Å². The van der Waals surface area contributed by atoms with Crippen LogP contribution in [0.3, 0.4) is 0 Å². The Kier molecular flexibility index (Phi) is 5.85. The highest BCUT2D eigenvalue weighted by molar-refractivity contribution is 6.13. The zero-order valence-electron chi connectivity index (χ0n) is 18.0. The van der Waals surface area contributed by atoms with E-state index in [4.69, 9.17) is 9.47 Å². The molecule has 9 heteroatoms. The van der Waals surface area contributed by atoms with E-state index in [1.807, 2.05) is 6.07 Å². The average molecular weight is 422 g/mol. The molecule has 0 aliphatic carbocycles. The first-order valence-corrected chi connectivity index (χ1v) is 10.1. The number of carbonyl (C=O) groups excluding carboxylic acids is 1. The van der Waals surface area contributed by atoms with E-state index in [9.17, 15) is 4.79 Å². The Labute approximate surface area is 180 Å². The lowest BCUT2D eigenvalue weighted by atomic mass is 10.0. The predicted octanol–water partition coefficient (Wildman–Crippen LogP) is 2.48. The van der Waals surface area contributed by atoms with Gasteiger partial charge in [0.25, 0.3) is 5.91 Å². The van der Waals surface area contributed by atoms with E-state index in [1.165, 1.54) is 7.11 Å². The number of nitrogens with zero attached hydrogens (tertiary/aromatic N) is 4. The summed E-state index contributed by atoms with van der Waals surface area (Å²) in [5, 5.41) is 7.16. The molecule has 3 aromatic rings. The minimum atomic E-state index is -0.319. The van der Waals surface area contributed by atoms with E-state index in [1.54, 1.807) is 37.7 Å². The normalized spacial score (nSPS) is 18.6. The SMILES string of the molecule is COc1ccnc(NC(=O)c2ccc(N3CC(C)NC(C)C3)c3cnc(OC)nc23)c1. The van der Waals surface area contributed by atoms with Gasteiger partial charge in [-0.3, -0.25) is 4.79 Å². The lowest BCUT2D eigenvalue weighted by Gasteiger charge is -2.38. The molecular weight excluding hydrogens is 396 g/mol. The molecule has 2 unspecified atom stereocenters. The standard InChI is InChI=1S/C22H26N6O3/c1-13-11-28(12-14(2)25-13)18-6-5-16(20-17(18)10-24-22(27-20)31-4)21(29)26-19-9-15(30-3)7-8-23-19/h5-10,13-14,25H,11-12H2,1-4H3,(H,23,26,29). The predicted molar refractivity (Wildman–Crippen MR) is 119 cm³/mol. The van der Waals surface area contributed by atoms with Crippen LogP contribution in [0.1, 0.15) is 24.2 Å². The Bertz CT molecular complexity index is 1100. The van der Waals surface area contributed by atoms with Crippen molar-refractivity contribution in [2.24, 2.45) is 0 Å². The summed E-state index contributed by atoms with van der Waals surface area (Å²) in [5.74, 6) is 0.684. The molecule has 0 radical (unpaired) electrons. The molecule has 162 valence electrons. The molecule has 1 aromatic carbocycles. The number of benzene rings is 1. The zero-order chi connectivity index (χ0) is 22.0. The Morgan fingerprint density at radius 3 is 2.61 bits per heavy atom. The largest absolute Gasteiger partial charge is 0.497 e. The zero-order valence-corrected chi connectivity index (χ0v) is 18.0. The van der Waals surface area contributed by atoms with Crippen LogP contribution in [0, 0.1) is 0 Å². The van der Waals surface area contributed by atoms with Crippen molar-refractivity contribution in [2.75, 3.05) is 37.5 Å². The Balaban J connectivity index is 1.74. The maximum atomic E-state index is 13.1. The van der Waals surface area contributed by atoms with Gasteiger partial charge in [-0.25, -0.2) is 9.97 Å². The van der Waals surface area contributed by atoms with Crippen molar-refractivity contribution in [3.05, 3.63) is 42.2 Å². The van der Waals surface area contributed by atoms with Crippen molar-refractivity contribution in [3.63, 3.8) is 0 Å². The number of nitrogens with one attached hydrogen (secondary N) is 2. The fourth-order valence-electron chi connectivity index (χ4n) is 3.96. The summed E-state index contributed by atoms with van der Waals surface area (Å²) in [6.07, 6.45) is 3.29. The highest BCUT2D eigenvalue weighted by Gasteiger charge is 2.24. The number of methoxy groups -OCH3 is 2. The molecule has 1 aliphatic rings. The molecule has 2 N–H and O–H groups in total. The molecule has 4 rings (SSSR count). The first kappa shape index (κ1) is 20.8. The van der Waals surface area contributed by atoms with Crippen molar-refractivity contribution in [1.82, 2.24) is 20.3 Å². The molecule has 1 fully saturated rings. The van der Waals surface area contributed by atoms with E-state index in [-0.39, 0.29) is 11.9 Å². The van der Waals surface area contributed by atoms with Crippen LogP contribution in [0.15, 0.2) is 36.7 Å². The average Bonchev–Trinajstić information content (AvgIpc) is 2.77. The van der Waals surface area contributed by atoms with Crippen molar-refractivity contribution < 1.29 is 14.3 Å². The van der Waals surface area contributed by atoms with Gasteiger partial charge in [0.15, 0.2) is 0 Å². The molecule has 2 aromatic heterocycles. The summed E-state index contributed by atoms with van der Waals surface area (Å²) in [7, 11) is 3.07. The number of anilines is 2. The van der Waals surface area contributed by atoms with Gasteiger partial charge in [-0.05, 0) is 32.0 Å². The topological polar surface area (TPSA) is 102 Å². The molecule has 0 bridgehead atoms. The van der Waals surface area contributed by atoms with Gasteiger partial charge in [-0.1, -0.05) is 0 Å². The third-order valence-corrected chi connectivity index (χ3v) is 5.24. The fraction of sp³-hybridized carbons (Fsp3) is 0.364. The molecule has 3 heterocycles. The van der Waals surface area contributed by atoms with E-state index in [0.29, 0.717) is 34.7 Å². The minimum absolute atomic E-state index is 0.209. The third-order valence-electron chi connectivity index (χ3n) is 5.24. The number of hydrogen-bond acceptors (Lipinski definition) is 8. The van der Waals surface area contributed by atoms with Crippen LogP contribution in [-0.2, 0) is 0 Å². The van der Waals surface area contributed by atoms with Crippen LogP contribution in [0.4, 0.5) is 11.5 Å². The van der Waals surface area contributed by atoms with E-state index < -0.39 is 0 Å². The molecular formula is C22H26N6O3. The van der Waals surface area contributed by atoms with E-state index >= 15 is 0 Å². The summed E-state index contributed by atoms with van der Waals surface area (Å²) in [4.78, 5) is 28.4. The van der Waals surface area contributed by atoms with Crippen LogP contribution in [0.5, 0.6) is 11.8 Å². The number of piperazine rings is 1. The van der Waals surface area contributed by atoms with Crippen LogP contribution < -0.4 is 25.0 Å². The number of pyridine rings is 1. The van der Waals surface area contributed by atoms with Crippen LogP contribution in [-0.4, -0.2) is 60.3 Å². The molecule has 0 spiro atoms. The van der Waals surface area contributed by atoms with E-state index in [0.717, 1.165) is 24.2 Å². The molecule has 1 aliphatic heterocycles. The summed E-state index contributed by atoms with van der Waals surface area (Å²) in [6.45, 7) is 6.02. The lowest BCUT2D eigenvalue weighted by Crippen LogP contribution is -2.54. The summed E-state index contributed by atoms with van der Waals surface area (Å²) in [5.41, 5.74) is 1.94. The molecule has 0 saturated carbocycles. The summed E-state index contributed by atoms with van der Waals surface area (Å²) >= 11 is 0. The maximum absolute atomic E-state index is 13.1. The van der Waals surface area contributed by atoms with Crippen LogP contribution in [0.25, 0.3) is 10.9 Å². The monoisotopic (exact) mass is 422 g/mol. The number of carbonyl (C=O) groups is 1. The first-order valence-electron chi connectivity index (χ1n) is 10.1. The van der Waals surface area contributed by atoms with Crippen LogP contribution >= 0.6 is 0 Å². The molecule has 2 atom stereocenters. The minimum Gasteiger partial charge on any atom is -0.497 e. The van der Waals surface area contributed by atoms with Gasteiger partial charge in [-0.2, -0.15) is 4.98 Å². The lowest BCUT2D eigenvalue weighted by molar-refractivity contribution is 0.102. The number of aromatic nitrogens is 3. The molecule has 1 saturated heterocycles. The van der Waals surface area contributed by atoms with Crippen molar-refractivity contribution in [3.8, 4) is 11.8 Å². The van der Waals surface area contributed by atoms with E-state index in [2.05, 4.69) is 44.3 Å². The van der Waals surface area contributed by atoms with Gasteiger partial charge in [0.2, 0.25) is 0 Å². The van der Waals surface area contributed by atoms with Crippen molar-refractivity contribution in [1.29, 1.82) is 0 Å². The van der Waals surface area contributed by atoms with Gasteiger partial charge in [0.05, 0.1) is 25.3 Å². The summed E-state index contributed by atoms with van der Waals surface area (Å²) in [6, 6.07) is 8.02. The third kappa shape index (κ3) is 4.36. The smallest absolute Gasteiger partial charge is 0.316 e. The number of rotatable bonds is 5. The highest BCUT2D eigenvalue weighted by atomic mass is 16.5. The van der Waals surface area contributed by atoms with Gasteiger partial charge in [0, 0.05) is 54.7 Å². The van der Waals surface area contributed by atoms with Gasteiger partial charge < -0.3 is 25.0 Å². The Hall–Kier alpha value is -3.46. The summed E-state index contributed by atoms with van der Waals surface area (Å²) < 4.78 is 10.4. The van der Waals surface area contributed by atoms with Gasteiger partial charge in [-0.15, -0.1) is 0 Å². The number of hydrogen-bond donors (Lipinski definition) is 2. The van der Waals surface area contributed by atoms with Crippen molar-refractivity contribution in [2.45, 2.75) is 25.9 Å². The highest BCUT2D eigenvalue weighted by Crippen LogP contribution is 2.31. The Morgan fingerprint density at radius 2 is 1.90 bits per heavy atom. The van der Waals surface area contributed by atoms with Crippen LogP contribution in [0.2, 0.25) is 0 Å². The Morgan fingerprint density at radius 1 is 1.13 bits per heavy atom. The first-order chi connectivity index (χ1) is 15.0. The van der Waals surface area contributed by atoms with Gasteiger partial charge >= 0.3 is 6.01 Å². The second-order valence-corrected chi connectivity index (χ2v) is 7.66. The number of fused-ring (bicyclic) bond motifs is 1. The second kappa shape index (κ2) is 8.73. The quantitative estimate of drug-likeness (QED) is 0.647. The fourth-order valence-corrected chi connectivity index (χ4v) is 3.96. The molecule has 31 heavy (non-hydrogen) atoms. The number of ether oxygens (including phenoxy) is 2. The molecule has 9 nitrogen and oxygen atoms in total. The van der Waals surface area contributed by atoms with Crippen molar-refractivity contribution >= 4 is 28.3 Å².